The summed E-state index contributed by atoms with van der Waals surface area (Å²) in [5, 5.41) is 0. The molecule has 6 aromatic carbocycles. The Kier molecular flexibility index (Phi) is 11.2. The minimum absolute atomic E-state index is 0.336. The van der Waals surface area contributed by atoms with Crippen LogP contribution in [0.2, 0.25) is 0 Å². The van der Waals surface area contributed by atoms with Gasteiger partial charge in [-0.3, -0.25) is 0 Å². The standard InChI is InChI=1S/C53H52O9/c1-54-48-27-39-22-43-31-52-50(56-3)29-41(43)23-44-32-53-49(55-2)28-40(44)21-42(39)30-51(48)60-13-5-4-12-57-45-9-6-33-19-37-25-47(59-15-17-62-53)11-8-35(37)20-38-26-46(58-14-16-61-52)10-7-34(38)18-36(33)24-45/h6-11,24-32H,4-5,12-23H2,1-3H3. The fourth-order valence-electron chi connectivity index (χ4n) is 9.25. The lowest BCUT2D eigenvalue weighted by Gasteiger charge is -2.19. The highest BCUT2D eigenvalue weighted by Gasteiger charge is 2.24. The van der Waals surface area contributed by atoms with E-state index in [0.29, 0.717) is 87.7 Å². The van der Waals surface area contributed by atoms with Crippen molar-refractivity contribution in [1.29, 1.82) is 0 Å². The van der Waals surface area contributed by atoms with Crippen molar-refractivity contribution in [3.63, 3.8) is 0 Å². The van der Waals surface area contributed by atoms with Crippen molar-refractivity contribution < 1.29 is 42.6 Å². The van der Waals surface area contributed by atoms with Crippen LogP contribution in [0.5, 0.6) is 51.7 Å². The molecular formula is C53H52O9. The fourth-order valence-corrected chi connectivity index (χ4v) is 9.25. The molecular weight excluding hydrogens is 781 g/mol. The first-order chi connectivity index (χ1) is 30.5. The maximum absolute atomic E-state index is 6.51. The van der Waals surface area contributed by atoms with Crippen LogP contribution in [-0.2, 0) is 38.5 Å². The summed E-state index contributed by atoms with van der Waals surface area (Å²) < 4.78 is 56.8. The molecule has 2 aliphatic carbocycles. The first-order valence-electron chi connectivity index (χ1n) is 21.7. The van der Waals surface area contributed by atoms with E-state index in [1.807, 2.05) is 0 Å². The predicted octanol–water partition coefficient (Wildman–Crippen LogP) is 9.66. The fraction of sp³-hybridized carbons (Fsp3) is 0.321. The van der Waals surface area contributed by atoms with Crippen LogP contribution >= 0.6 is 0 Å². The second kappa shape index (κ2) is 17.5. The number of rotatable bonds is 3. The molecule has 12 heterocycles. The quantitative estimate of drug-likeness (QED) is 0.173. The Labute approximate surface area is 363 Å². The summed E-state index contributed by atoms with van der Waals surface area (Å²) in [6.45, 7) is 2.52. The van der Waals surface area contributed by atoms with Crippen LogP contribution in [0.3, 0.4) is 0 Å². The lowest BCUT2D eigenvalue weighted by molar-refractivity contribution is 0.211. The van der Waals surface area contributed by atoms with Crippen LogP contribution in [0.4, 0.5) is 0 Å². The van der Waals surface area contributed by atoms with E-state index in [9.17, 15) is 0 Å². The molecule has 318 valence electrons. The van der Waals surface area contributed by atoms with E-state index >= 15 is 0 Å². The van der Waals surface area contributed by atoms with Crippen LogP contribution in [0, 0.1) is 0 Å². The van der Waals surface area contributed by atoms with Gasteiger partial charge in [-0.25, -0.2) is 0 Å². The summed E-state index contributed by atoms with van der Waals surface area (Å²) in [5.41, 5.74) is 14.3. The topological polar surface area (TPSA) is 83.1 Å². The van der Waals surface area contributed by atoms with Gasteiger partial charge in [0, 0.05) is 0 Å². The second-order valence-corrected chi connectivity index (χ2v) is 16.5. The van der Waals surface area contributed by atoms with Crippen molar-refractivity contribution in [3.8, 4) is 51.7 Å². The van der Waals surface area contributed by atoms with Gasteiger partial charge in [-0.2, -0.15) is 0 Å². The molecule has 0 unspecified atom stereocenters. The maximum atomic E-state index is 6.51. The molecule has 0 amide bonds. The molecule has 18 bridgehead atoms. The third-order valence-electron chi connectivity index (χ3n) is 12.6. The normalized spacial score (nSPS) is 15.5. The van der Waals surface area contributed by atoms with E-state index in [-0.39, 0.29) is 0 Å². The van der Waals surface area contributed by atoms with Crippen molar-refractivity contribution in [2.24, 2.45) is 0 Å². The minimum atomic E-state index is 0.336. The monoisotopic (exact) mass is 832 g/mol. The van der Waals surface area contributed by atoms with Crippen molar-refractivity contribution in [2.45, 2.75) is 51.4 Å². The molecule has 0 spiro atoms. The molecule has 0 saturated carbocycles. The van der Waals surface area contributed by atoms with Gasteiger partial charge in [-0.05, 0) is 191 Å². The average molecular weight is 833 g/mol. The highest BCUT2D eigenvalue weighted by atomic mass is 16.5. The molecule has 14 aliphatic rings. The molecule has 0 radical (unpaired) electrons. The predicted molar refractivity (Wildman–Crippen MR) is 237 cm³/mol. The summed E-state index contributed by atoms with van der Waals surface area (Å²) >= 11 is 0. The Morgan fingerprint density at radius 2 is 0.565 bits per heavy atom. The molecule has 12 aliphatic heterocycles. The zero-order valence-electron chi connectivity index (χ0n) is 35.7. The van der Waals surface area contributed by atoms with E-state index in [0.717, 1.165) is 88.5 Å². The van der Waals surface area contributed by atoms with Crippen LogP contribution in [-0.4, -0.2) is 61.0 Å². The molecule has 0 atom stereocenters. The van der Waals surface area contributed by atoms with Gasteiger partial charge in [0.1, 0.15) is 43.7 Å². The van der Waals surface area contributed by atoms with Crippen LogP contribution in [0.25, 0.3) is 0 Å². The van der Waals surface area contributed by atoms with E-state index in [1.54, 1.807) is 21.3 Å². The summed E-state index contributed by atoms with van der Waals surface area (Å²) in [6.07, 6.45) is 5.94. The van der Waals surface area contributed by atoms with Gasteiger partial charge in [0.15, 0.2) is 34.5 Å². The van der Waals surface area contributed by atoms with Crippen molar-refractivity contribution in [1.82, 2.24) is 0 Å². The lowest BCUT2D eigenvalue weighted by Crippen LogP contribution is -2.11. The Hall–Kier alpha value is -6.48. The van der Waals surface area contributed by atoms with Gasteiger partial charge >= 0.3 is 0 Å². The number of benzene rings is 6. The van der Waals surface area contributed by atoms with E-state index in [4.69, 9.17) is 42.6 Å². The third-order valence-corrected chi connectivity index (χ3v) is 12.6. The largest absolute Gasteiger partial charge is 0.494 e. The molecule has 0 saturated heterocycles. The average Bonchev–Trinajstić information content (AvgIpc) is 3.38. The summed E-state index contributed by atoms with van der Waals surface area (Å²) in [6, 6.07) is 32.3. The highest BCUT2D eigenvalue weighted by molar-refractivity contribution is 5.58. The molecule has 20 rings (SSSR count). The van der Waals surface area contributed by atoms with Gasteiger partial charge in [0.2, 0.25) is 0 Å². The van der Waals surface area contributed by atoms with Gasteiger partial charge in [-0.1, -0.05) is 18.2 Å². The van der Waals surface area contributed by atoms with Crippen molar-refractivity contribution in [2.75, 3.05) is 61.0 Å². The Bertz CT molecular complexity index is 2620. The Morgan fingerprint density at radius 1 is 0.290 bits per heavy atom. The third kappa shape index (κ3) is 8.28. The SMILES string of the molecule is COc1cc2c3cc1OCCCCOc1ccc4c(c1)Cc1ccc5cc1Cc1ccc(cc1C4)OCCOc1cc(c(cc1OC)C3)Cc1cc(OC)c(cc1C2)OCCO5. The first-order valence-corrected chi connectivity index (χ1v) is 21.7. The summed E-state index contributed by atoms with van der Waals surface area (Å²) in [5.74, 6) is 6.60. The lowest BCUT2D eigenvalue weighted by atomic mass is 9.94. The Balaban J connectivity index is 1.13. The van der Waals surface area contributed by atoms with Crippen molar-refractivity contribution >= 4 is 0 Å². The van der Waals surface area contributed by atoms with Gasteiger partial charge in [0.05, 0.1) is 34.5 Å². The second-order valence-electron chi connectivity index (χ2n) is 16.5. The number of hydrogen-bond acceptors (Lipinski definition) is 9. The molecule has 0 fully saturated rings. The minimum Gasteiger partial charge on any atom is -0.494 e. The number of methoxy groups -OCH3 is 3. The maximum Gasteiger partial charge on any atom is 0.161 e. The molecule has 9 nitrogen and oxygen atoms in total. The molecule has 9 heteroatoms. The van der Waals surface area contributed by atoms with Gasteiger partial charge < -0.3 is 42.6 Å². The van der Waals surface area contributed by atoms with Crippen LogP contribution < -0.4 is 42.6 Å². The van der Waals surface area contributed by atoms with E-state index in [1.165, 1.54) is 33.4 Å². The summed E-state index contributed by atoms with van der Waals surface area (Å²) in [7, 11) is 5.09. The first kappa shape index (κ1) is 39.6. The number of hydrogen-bond donors (Lipinski definition) is 0. The van der Waals surface area contributed by atoms with Gasteiger partial charge in [-0.15, -0.1) is 0 Å². The van der Waals surface area contributed by atoms with Crippen molar-refractivity contribution in [3.05, 3.63) is 158 Å². The zero-order valence-corrected chi connectivity index (χ0v) is 35.7. The van der Waals surface area contributed by atoms with E-state index < -0.39 is 0 Å². The van der Waals surface area contributed by atoms with Gasteiger partial charge in [0.25, 0.3) is 0 Å². The molecule has 0 aromatic heterocycles. The highest BCUT2D eigenvalue weighted by Crippen LogP contribution is 2.41. The smallest absolute Gasteiger partial charge is 0.161 e. The number of ether oxygens (including phenoxy) is 9. The van der Waals surface area contributed by atoms with Crippen LogP contribution in [0.1, 0.15) is 79.6 Å². The van der Waals surface area contributed by atoms with E-state index in [2.05, 4.69) is 91.0 Å². The van der Waals surface area contributed by atoms with Crippen LogP contribution in [0.15, 0.2) is 91.0 Å². The summed E-state index contributed by atoms with van der Waals surface area (Å²) in [4.78, 5) is 0. The molecule has 62 heavy (non-hydrogen) atoms. The molecule has 6 aromatic rings. The molecule has 0 N–H and O–H groups in total. The zero-order chi connectivity index (χ0) is 42.0. The Morgan fingerprint density at radius 3 is 0.935 bits per heavy atom.